The van der Waals surface area contributed by atoms with Crippen LogP contribution in [0.2, 0.25) is 0 Å². The van der Waals surface area contributed by atoms with E-state index in [9.17, 15) is 14.4 Å². The maximum atomic E-state index is 13.3. The van der Waals surface area contributed by atoms with Crippen LogP contribution in [-0.4, -0.2) is 57.9 Å². The highest BCUT2D eigenvalue weighted by molar-refractivity contribution is 7.21. The third-order valence-corrected chi connectivity index (χ3v) is 8.13. The molecule has 0 radical (unpaired) electrons. The van der Waals surface area contributed by atoms with Gasteiger partial charge in [0.2, 0.25) is 11.8 Å². The molecule has 10 nitrogen and oxygen atoms in total. The quantitative estimate of drug-likeness (QED) is 0.472. The van der Waals surface area contributed by atoms with Gasteiger partial charge >= 0.3 is 6.03 Å². The van der Waals surface area contributed by atoms with Crippen LogP contribution in [0.5, 0.6) is 5.88 Å². The predicted octanol–water partition coefficient (Wildman–Crippen LogP) is 4.21. The summed E-state index contributed by atoms with van der Waals surface area (Å²) in [6.07, 6.45) is 9.81. The van der Waals surface area contributed by atoms with Crippen LogP contribution in [0.15, 0.2) is 43.2 Å². The SMILES string of the molecule is C=CC(=O)N1CC[C@@H](NC(=O)c2sc3nccc4c3c2NC(=O)N4c2ccc(OC3CCCC3)nc2)C1. The minimum atomic E-state index is -0.387. The van der Waals surface area contributed by atoms with Crippen molar-refractivity contribution in [1.29, 1.82) is 0 Å². The van der Waals surface area contributed by atoms with Crippen LogP contribution in [0.25, 0.3) is 10.2 Å². The number of anilines is 3. The lowest BCUT2D eigenvalue weighted by molar-refractivity contribution is -0.125. The number of aromatic nitrogens is 2. The Morgan fingerprint density at radius 1 is 1.19 bits per heavy atom. The molecule has 37 heavy (non-hydrogen) atoms. The fourth-order valence-corrected chi connectivity index (χ4v) is 6.23. The zero-order valence-corrected chi connectivity index (χ0v) is 20.9. The molecule has 5 heterocycles. The molecule has 3 aliphatic rings. The lowest BCUT2D eigenvalue weighted by Gasteiger charge is -2.28. The van der Waals surface area contributed by atoms with E-state index >= 15 is 0 Å². The number of carbonyl (C=O) groups is 3. The van der Waals surface area contributed by atoms with Crippen molar-refractivity contribution in [1.82, 2.24) is 20.2 Å². The number of pyridine rings is 2. The Labute approximate surface area is 217 Å². The first-order valence-electron chi connectivity index (χ1n) is 12.4. The van der Waals surface area contributed by atoms with E-state index < -0.39 is 0 Å². The molecule has 0 unspecified atom stereocenters. The van der Waals surface area contributed by atoms with Crippen LogP contribution in [0, 0.1) is 0 Å². The number of ether oxygens (including phenoxy) is 1. The van der Waals surface area contributed by atoms with Crippen LogP contribution >= 0.6 is 11.3 Å². The minimum absolute atomic E-state index is 0.150. The van der Waals surface area contributed by atoms with Crippen molar-refractivity contribution >= 4 is 56.5 Å². The van der Waals surface area contributed by atoms with Gasteiger partial charge in [-0.3, -0.25) is 14.5 Å². The molecule has 0 spiro atoms. The van der Waals surface area contributed by atoms with E-state index in [0.29, 0.717) is 57.5 Å². The molecule has 0 bridgehead atoms. The van der Waals surface area contributed by atoms with Crippen molar-refractivity contribution in [2.45, 2.75) is 44.2 Å². The van der Waals surface area contributed by atoms with Gasteiger partial charge in [-0.05, 0) is 50.3 Å². The highest BCUT2D eigenvalue weighted by atomic mass is 32.1. The fraction of sp³-hybridized carbons (Fsp3) is 0.346. The first kappa shape index (κ1) is 23.4. The molecule has 3 aromatic rings. The van der Waals surface area contributed by atoms with Gasteiger partial charge in [-0.25, -0.2) is 14.8 Å². The first-order valence-corrected chi connectivity index (χ1v) is 13.2. The number of urea groups is 1. The molecular formula is C26H26N6O4S. The molecule has 3 aromatic heterocycles. The molecule has 1 saturated carbocycles. The summed E-state index contributed by atoms with van der Waals surface area (Å²) in [6.45, 7) is 4.51. The molecule has 6 rings (SSSR count). The van der Waals surface area contributed by atoms with Crippen LogP contribution in [0.3, 0.4) is 0 Å². The Morgan fingerprint density at radius 3 is 2.78 bits per heavy atom. The Balaban J connectivity index is 1.26. The molecule has 2 N–H and O–H groups in total. The molecule has 0 aromatic carbocycles. The zero-order valence-electron chi connectivity index (χ0n) is 20.1. The van der Waals surface area contributed by atoms with Gasteiger partial charge in [0.1, 0.15) is 15.8 Å². The number of thiophene rings is 1. The van der Waals surface area contributed by atoms with Crippen LogP contribution in [0.1, 0.15) is 41.8 Å². The van der Waals surface area contributed by atoms with Crippen LogP contribution in [-0.2, 0) is 4.79 Å². The standard InChI is InChI=1S/C26H26N6O4S/c1-2-20(33)31-12-10-15(14-31)29-24(34)23-22-21-18(9-11-27-25(21)37-23)32(26(35)30-22)16-7-8-19(28-13-16)36-17-5-3-4-6-17/h2,7-9,11,13,15,17H,1,3-6,10,12,14H2,(H,29,34)(H,30,35)/t15-/m1/s1. The molecule has 11 heteroatoms. The van der Waals surface area contributed by atoms with Crippen molar-refractivity contribution in [3.63, 3.8) is 0 Å². The molecule has 2 fully saturated rings. The monoisotopic (exact) mass is 518 g/mol. The lowest BCUT2D eigenvalue weighted by Crippen LogP contribution is -2.39. The van der Waals surface area contributed by atoms with E-state index in [2.05, 4.69) is 27.2 Å². The Kier molecular flexibility index (Phi) is 5.99. The highest BCUT2D eigenvalue weighted by Crippen LogP contribution is 2.45. The molecule has 190 valence electrons. The lowest BCUT2D eigenvalue weighted by atomic mass is 10.1. The number of amides is 4. The van der Waals surface area contributed by atoms with E-state index in [1.54, 1.807) is 29.4 Å². The van der Waals surface area contributed by atoms with Crippen molar-refractivity contribution in [2.24, 2.45) is 0 Å². The second-order valence-corrected chi connectivity index (χ2v) is 10.4. The van der Waals surface area contributed by atoms with Gasteiger partial charge in [0, 0.05) is 31.4 Å². The first-order chi connectivity index (χ1) is 18.0. The van der Waals surface area contributed by atoms with Gasteiger partial charge in [0.15, 0.2) is 0 Å². The molecule has 1 aliphatic carbocycles. The Bertz CT molecular complexity index is 1400. The second kappa shape index (κ2) is 9.47. The summed E-state index contributed by atoms with van der Waals surface area (Å²) < 4.78 is 5.96. The van der Waals surface area contributed by atoms with Gasteiger partial charge in [0.25, 0.3) is 5.91 Å². The summed E-state index contributed by atoms with van der Waals surface area (Å²) >= 11 is 1.23. The molecule has 4 amide bonds. The smallest absolute Gasteiger partial charge is 0.331 e. The van der Waals surface area contributed by atoms with Crippen LogP contribution < -0.4 is 20.3 Å². The van der Waals surface area contributed by atoms with E-state index in [1.807, 2.05) is 6.07 Å². The summed E-state index contributed by atoms with van der Waals surface area (Å²) in [5.74, 6) is 0.0941. The number of hydrogen-bond acceptors (Lipinski definition) is 7. The van der Waals surface area contributed by atoms with Gasteiger partial charge in [0.05, 0.1) is 28.6 Å². The van der Waals surface area contributed by atoms with Gasteiger partial charge in [-0.1, -0.05) is 6.58 Å². The van der Waals surface area contributed by atoms with E-state index in [0.717, 1.165) is 12.8 Å². The summed E-state index contributed by atoms with van der Waals surface area (Å²) in [5.41, 5.74) is 1.67. The molecule has 1 atom stereocenters. The topological polar surface area (TPSA) is 117 Å². The normalized spacial score (nSPS) is 19.2. The molecule has 1 saturated heterocycles. The van der Waals surface area contributed by atoms with E-state index in [4.69, 9.17) is 4.74 Å². The van der Waals surface area contributed by atoms with Crippen molar-refractivity contribution in [3.05, 3.63) is 48.1 Å². The average molecular weight is 519 g/mol. The average Bonchev–Trinajstić information content (AvgIpc) is 3.66. The molecule has 2 aliphatic heterocycles. The third kappa shape index (κ3) is 4.29. The summed E-state index contributed by atoms with van der Waals surface area (Å²) in [7, 11) is 0. The number of rotatable bonds is 6. The second-order valence-electron chi connectivity index (χ2n) is 9.41. The number of nitrogens with zero attached hydrogens (tertiary/aromatic N) is 4. The largest absolute Gasteiger partial charge is 0.474 e. The van der Waals surface area contributed by atoms with Crippen molar-refractivity contribution in [3.8, 4) is 5.88 Å². The maximum absolute atomic E-state index is 13.3. The fourth-order valence-electron chi connectivity index (χ4n) is 5.21. The predicted molar refractivity (Wildman–Crippen MR) is 141 cm³/mol. The Morgan fingerprint density at radius 2 is 2.03 bits per heavy atom. The number of nitrogens with one attached hydrogen (secondary N) is 2. The Hall–Kier alpha value is -3.99. The minimum Gasteiger partial charge on any atom is -0.474 e. The van der Waals surface area contributed by atoms with Gasteiger partial charge in [-0.2, -0.15) is 0 Å². The van der Waals surface area contributed by atoms with Crippen molar-refractivity contribution in [2.75, 3.05) is 23.3 Å². The van der Waals surface area contributed by atoms with Crippen LogP contribution in [0.4, 0.5) is 21.9 Å². The number of likely N-dealkylation sites (tertiary alicyclic amines) is 1. The summed E-state index contributed by atoms with van der Waals surface area (Å²) in [6, 6.07) is 4.79. The highest BCUT2D eigenvalue weighted by Gasteiger charge is 2.34. The zero-order chi connectivity index (χ0) is 25.5. The maximum Gasteiger partial charge on any atom is 0.331 e. The van der Waals surface area contributed by atoms with Gasteiger partial charge in [-0.15, -0.1) is 11.3 Å². The van der Waals surface area contributed by atoms with E-state index in [-0.39, 0.29) is 30.0 Å². The van der Waals surface area contributed by atoms with E-state index in [1.165, 1.54) is 35.2 Å². The van der Waals surface area contributed by atoms with Crippen molar-refractivity contribution < 1.29 is 19.1 Å². The summed E-state index contributed by atoms with van der Waals surface area (Å²) in [5, 5.41) is 6.61. The molecular weight excluding hydrogens is 492 g/mol. The third-order valence-electron chi connectivity index (χ3n) is 7.03. The number of carbonyl (C=O) groups excluding carboxylic acids is 3. The van der Waals surface area contributed by atoms with Gasteiger partial charge < -0.3 is 20.3 Å². The number of hydrogen-bond donors (Lipinski definition) is 2. The summed E-state index contributed by atoms with van der Waals surface area (Å²) in [4.78, 5) is 51.5.